The van der Waals surface area contributed by atoms with Crippen molar-refractivity contribution in [1.29, 1.82) is 0 Å². The molecule has 1 aromatic carbocycles. The highest BCUT2D eigenvalue weighted by molar-refractivity contribution is 5.56. The lowest BCUT2D eigenvalue weighted by Crippen LogP contribution is -2.07. The van der Waals surface area contributed by atoms with E-state index in [4.69, 9.17) is 10.2 Å². The number of rotatable bonds is 3. The molecule has 0 saturated heterocycles. The summed E-state index contributed by atoms with van der Waals surface area (Å²) in [6.07, 6.45) is -1.49. The molecule has 0 saturated carbocycles. The zero-order valence-electron chi connectivity index (χ0n) is 8.33. The number of aromatic hydroxyl groups is 1. The molecule has 1 aromatic rings. The fourth-order valence-electron chi connectivity index (χ4n) is 1.22. The van der Waals surface area contributed by atoms with Crippen LogP contribution in [-0.4, -0.2) is 16.8 Å². The van der Waals surface area contributed by atoms with Gasteiger partial charge in [0.25, 0.3) is 0 Å². The molecule has 0 aliphatic rings. The highest BCUT2D eigenvalue weighted by Gasteiger charge is 2.33. The fourth-order valence-corrected chi connectivity index (χ4v) is 1.22. The highest BCUT2D eigenvalue weighted by atomic mass is 19.4. The van der Waals surface area contributed by atoms with Gasteiger partial charge in [-0.05, 0) is 24.1 Å². The van der Waals surface area contributed by atoms with Crippen molar-refractivity contribution >= 4 is 6.08 Å². The molecule has 2 nitrogen and oxygen atoms in total. The van der Waals surface area contributed by atoms with Crippen molar-refractivity contribution in [3.8, 4) is 5.75 Å². The average molecular weight is 232 g/mol. The molecule has 2 N–H and O–H groups in total. The Morgan fingerprint density at radius 2 is 1.94 bits per heavy atom. The first kappa shape index (κ1) is 12.6. The summed E-state index contributed by atoms with van der Waals surface area (Å²) in [5.41, 5.74) is -0.916. The molecule has 0 amide bonds. The van der Waals surface area contributed by atoms with E-state index < -0.39 is 17.5 Å². The Labute approximate surface area is 90.7 Å². The summed E-state index contributed by atoms with van der Waals surface area (Å²) in [5, 5.41) is 17.5. The normalized spacial score (nSPS) is 12.2. The number of halogens is 3. The molecule has 0 spiro atoms. The molecule has 0 heterocycles. The van der Waals surface area contributed by atoms with Crippen LogP contribution in [0, 0.1) is 0 Å². The van der Waals surface area contributed by atoms with Crippen molar-refractivity contribution in [2.24, 2.45) is 0 Å². The summed E-state index contributed by atoms with van der Waals surface area (Å²) in [5.74, 6) is -0.424. The SMILES string of the molecule is OCCC=Cc1ccc(O)cc1C(F)(F)F. The van der Waals surface area contributed by atoms with Gasteiger partial charge in [-0.1, -0.05) is 18.2 Å². The molecule has 0 radical (unpaired) electrons. The van der Waals surface area contributed by atoms with E-state index in [1.807, 2.05) is 0 Å². The lowest BCUT2D eigenvalue weighted by molar-refractivity contribution is -0.137. The molecule has 0 aliphatic heterocycles. The molecule has 88 valence electrons. The van der Waals surface area contributed by atoms with Gasteiger partial charge in [-0.2, -0.15) is 13.2 Å². The van der Waals surface area contributed by atoms with Crippen LogP contribution < -0.4 is 0 Å². The molecule has 0 bridgehead atoms. The Bertz CT molecular complexity index is 383. The van der Waals surface area contributed by atoms with Crippen molar-refractivity contribution in [3.05, 3.63) is 35.4 Å². The third-order valence-corrected chi connectivity index (χ3v) is 1.94. The number of hydrogen-bond donors (Lipinski definition) is 2. The van der Waals surface area contributed by atoms with Gasteiger partial charge < -0.3 is 10.2 Å². The number of aliphatic hydroxyl groups excluding tert-OH is 1. The van der Waals surface area contributed by atoms with Gasteiger partial charge in [0.15, 0.2) is 0 Å². The van der Waals surface area contributed by atoms with Crippen molar-refractivity contribution in [1.82, 2.24) is 0 Å². The topological polar surface area (TPSA) is 40.5 Å². The largest absolute Gasteiger partial charge is 0.508 e. The number of phenolic OH excluding ortho intramolecular Hbond substituents is 1. The minimum Gasteiger partial charge on any atom is -0.508 e. The molecule has 1 rings (SSSR count). The maximum atomic E-state index is 12.5. The summed E-state index contributed by atoms with van der Waals surface area (Å²) in [6.45, 7) is -0.115. The minimum atomic E-state index is -4.50. The molecule has 0 unspecified atom stereocenters. The van der Waals surface area contributed by atoms with Gasteiger partial charge in [0.1, 0.15) is 5.75 Å². The summed E-state index contributed by atoms with van der Waals surface area (Å²) in [4.78, 5) is 0. The maximum absolute atomic E-state index is 12.5. The Morgan fingerprint density at radius 1 is 1.25 bits per heavy atom. The van der Waals surface area contributed by atoms with Crippen LogP contribution in [0.1, 0.15) is 17.5 Å². The first-order valence-corrected chi connectivity index (χ1v) is 4.63. The molecule has 0 aliphatic carbocycles. The van der Waals surface area contributed by atoms with E-state index >= 15 is 0 Å². The standard InChI is InChI=1S/C11H11F3O2/c12-11(13,14)10-7-9(16)5-4-8(10)3-1-2-6-15/h1,3-5,7,15-16H,2,6H2. The Morgan fingerprint density at radius 3 is 2.50 bits per heavy atom. The van der Waals surface area contributed by atoms with E-state index in [0.29, 0.717) is 6.07 Å². The molecular formula is C11H11F3O2. The van der Waals surface area contributed by atoms with Crippen LogP contribution in [0.5, 0.6) is 5.75 Å². The predicted octanol–water partition coefficient (Wildman–Crippen LogP) is 2.81. The van der Waals surface area contributed by atoms with Crippen LogP contribution in [0.4, 0.5) is 13.2 Å². The second-order valence-electron chi connectivity index (χ2n) is 3.18. The predicted molar refractivity (Wildman–Crippen MR) is 53.8 cm³/mol. The third kappa shape index (κ3) is 3.27. The maximum Gasteiger partial charge on any atom is 0.417 e. The summed E-state index contributed by atoms with van der Waals surface area (Å²) in [7, 11) is 0. The molecule has 0 aromatic heterocycles. The van der Waals surface area contributed by atoms with Crippen molar-refractivity contribution < 1.29 is 23.4 Å². The van der Waals surface area contributed by atoms with Crippen LogP contribution in [-0.2, 0) is 6.18 Å². The van der Waals surface area contributed by atoms with Gasteiger partial charge >= 0.3 is 6.18 Å². The Hall–Kier alpha value is -1.49. The van der Waals surface area contributed by atoms with Gasteiger partial charge in [0, 0.05) is 6.61 Å². The average Bonchev–Trinajstić information content (AvgIpc) is 2.19. The van der Waals surface area contributed by atoms with E-state index in [-0.39, 0.29) is 18.6 Å². The van der Waals surface area contributed by atoms with E-state index in [2.05, 4.69) is 0 Å². The second-order valence-corrected chi connectivity index (χ2v) is 3.18. The zero-order valence-corrected chi connectivity index (χ0v) is 8.33. The van der Waals surface area contributed by atoms with Crippen LogP contribution in [0.15, 0.2) is 24.3 Å². The third-order valence-electron chi connectivity index (χ3n) is 1.94. The van der Waals surface area contributed by atoms with E-state index in [1.165, 1.54) is 24.3 Å². The number of hydrogen-bond acceptors (Lipinski definition) is 2. The smallest absolute Gasteiger partial charge is 0.417 e. The van der Waals surface area contributed by atoms with Crippen LogP contribution >= 0.6 is 0 Å². The quantitative estimate of drug-likeness (QED) is 0.841. The number of benzene rings is 1. The minimum absolute atomic E-state index is 0.0289. The lowest BCUT2D eigenvalue weighted by atomic mass is 10.1. The number of phenols is 1. The van der Waals surface area contributed by atoms with Gasteiger partial charge in [-0.15, -0.1) is 0 Å². The van der Waals surface area contributed by atoms with E-state index in [1.54, 1.807) is 0 Å². The number of aliphatic hydroxyl groups is 1. The summed E-state index contributed by atoms with van der Waals surface area (Å²) in [6, 6.07) is 3.05. The van der Waals surface area contributed by atoms with Crippen molar-refractivity contribution in [3.63, 3.8) is 0 Å². The first-order valence-electron chi connectivity index (χ1n) is 4.63. The van der Waals surface area contributed by atoms with Crippen LogP contribution in [0.2, 0.25) is 0 Å². The van der Waals surface area contributed by atoms with Gasteiger partial charge in [-0.25, -0.2) is 0 Å². The molecular weight excluding hydrogens is 221 g/mol. The van der Waals surface area contributed by atoms with Crippen LogP contribution in [0.25, 0.3) is 6.08 Å². The Balaban J connectivity index is 3.08. The molecule has 5 heteroatoms. The van der Waals surface area contributed by atoms with E-state index in [0.717, 1.165) is 0 Å². The van der Waals surface area contributed by atoms with E-state index in [9.17, 15) is 13.2 Å². The fraction of sp³-hybridized carbons (Fsp3) is 0.273. The first-order chi connectivity index (χ1) is 7.45. The molecule has 0 atom stereocenters. The Kier molecular flexibility index (Phi) is 3.95. The number of alkyl halides is 3. The van der Waals surface area contributed by atoms with Crippen molar-refractivity contribution in [2.75, 3.05) is 6.61 Å². The van der Waals surface area contributed by atoms with Crippen molar-refractivity contribution in [2.45, 2.75) is 12.6 Å². The lowest BCUT2D eigenvalue weighted by Gasteiger charge is -2.10. The highest BCUT2D eigenvalue weighted by Crippen LogP contribution is 2.34. The second kappa shape index (κ2) is 5.03. The monoisotopic (exact) mass is 232 g/mol. The summed E-state index contributed by atoms with van der Waals surface area (Å²) >= 11 is 0. The van der Waals surface area contributed by atoms with Gasteiger partial charge in [-0.3, -0.25) is 0 Å². The van der Waals surface area contributed by atoms with Gasteiger partial charge in [0.05, 0.1) is 5.56 Å². The zero-order chi connectivity index (χ0) is 12.2. The van der Waals surface area contributed by atoms with Crippen LogP contribution in [0.3, 0.4) is 0 Å². The molecule has 16 heavy (non-hydrogen) atoms. The van der Waals surface area contributed by atoms with Gasteiger partial charge in [0.2, 0.25) is 0 Å². The summed E-state index contributed by atoms with van der Waals surface area (Å²) < 4.78 is 37.6. The molecule has 0 fully saturated rings.